The average molecular weight is 497 g/mol. The Morgan fingerprint density at radius 2 is 1.59 bits per heavy atom. The van der Waals surface area contributed by atoms with Gasteiger partial charge in [-0.25, -0.2) is 12.8 Å². The Labute approximate surface area is 203 Å². The first-order valence-corrected chi connectivity index (χ1v) is 15.5. The minimum Gasteiger partial charge on any atom is -0.386 e. The largest absolute Gasteiger partial charge is 0.386 e. The number of nitrogens with zero attached hydrogens (tertiary/aromatic N) is 2. The summed E-state index contributed by atoms with van der Waals surface area (Å²) in [5.74, 6) is 3.17. The second-order valence-electron chi connectivity index (χ2n) is 12.9. The van der Waals surface area contributed by atoms with Crippen LogP contribution in [0.25, 0.3) is 0 Å². The fraction of sp³-hybridized carbons (Fsp3) is 0.962. The van der Waals surface area contributed by atoms with Gasteiger partial charge >= 0.3 is 0 Å². The van der Waals surface area contributed by atoms with Gasteiger partial charge in [-0.1, -0.05) is 6.92 Å². The van der Waals surface area contributed by atoms with Crippen LogP contribution in [0, 0.1) is 46.8 Å². The molecular weight excluding hydrogens is 455 g/mol. The lowest BCUT2D eigenvalue weighted by molar-refractivity contribution is -0.132. The SMILES string of the molecule is C[C@]12CC[C@@H]3[C@H]4CC[C@]5(O)C(F)C5[C@@H]4CC[C@H]3[C@@H]1CC[C@@H]2C(=O)CN1CCN(S(C)(=O)=O)CC1. The number of hydrogen-bond acceptors (Lipinski definition) is 5. The van der Waals surface area contributed by atoms with Crippen LogP contribution in [-0.4, -0.2) is 79.3 Å². The smallest absolute Gasteiger partial charge is 0.211 e. The lowest BCUT2D eigenvalue weighted by atomic mass is 9.49. The first kappa shape index (κ1) is 23.8. The number of aliphatic hydroxyl groups is 1. The number of rotatable bonds is 4. The van der Waals surface area contributed by atoms with Gasteiger partial charge in [0.1, 0.15) is 17.6 Å². The van der Waals surface area contributed by atoms with E-state index in [-0.39, 0.29) is 17.3 Å². The van der Waals surface area contributed by atoms with Crippen molar-refractivity contribution in [1.82, 2.24) is 9.21 Å². The minimum absolute atomic E-state index is 0.0667. The molecule has 6 nitrogen and oxygen atoms in total. The maximum atomic E-state index is 14.4. The van der Waals surface area contributed by atoms with Gasteiger partial charge in [0, 0.05) is 38.0 Å². The lowest BCUT2D eigenvalue weighted by Crippen LogP contribution is -2.52. The van der Waals surface area contributed by atoms with Crippen LogP contribution in [0.5, 0.6) is 0 Å². The van der Waals surface area contributed by atoms with E-state index in [4.69, 9.17) is 0 Å². The Kier molecular flexibility index (Phi) is 5.58. The number of alkyl halides is 1. The van der Waals surface area contributed by atoms with Crippen LogP contribution in [0.3, 0.4) is 0 Å². The van der Waals surface area contributed by atoms with Crippen molar-refractivity contribution in [3.63, 3.8) is 0 Å². The average Bonchev–Trinajstić information content (AvgIpc) is 3.16. The van der Waals surface area contributed by atoms with E-state index >= 15 is 0 Å². The molecule has 6 fully saturated rings. The Morgan fingerprint density at radius 1 is 0.941 bits per heavy atom. The summed E-state index contributed by atoms with van der Waals surface area (Å²) in [6.45, 7) is 5.01. The van der Waals surface area contributed by atoms with E-state index in [1.807, 2.05) is 0 Å². The molecule has 1 saturated heterocycles. The van der Waals surface area contributed by atoms with Gasteiger partial charge in [0.05, 0.1) is 12.8 Å². The Balaban J connectivity index is 1.11. The van der Waals surface area contributed by atoms with E-state index in [0.717, 1.165) is 44.9 Å². The number of carbonyl (C=O) groups is 1. The Hall–Kier alpha value is -0.570. The Morgan fingerprint density at radius 3 is 2.29 bits per heavy atom. The summed E-state index contributed by atoms with van der Waals surface area (Å²) in [7, 11) is -3.16. The van der Waals surface area contributed by atoms with E-state index in [1.54, 1.807) is 0 Å². The summed E-state index contributed by atoms with van der Waals surface area (Å²) >= 11 is 0. The second kappa shape index (κ2) is 7.96. The van der Waals surface area contributed by atoms with Gasteiger partial charge in [0.2, 0.25) is 10.0 Å². The summed E-state index contributed by atoms with van der Waals surface area (Å²) in [5, 5.41) is 10.6. The van der Waals surface area contributed by atoms with E-state index in [0.29, 0.717) is 74.5 Å². The molecule has 0 spiro atoms. The molecule has 0 amide bonds. The van der Waals surface area contributed by atoms with Crippen molar-refractivity contribution in [2.24, 2.45) is 46.8 Å². The molecule has 192 valence electrons. The molecule has 0 aromatic carbocycles. The maximum Gasteiger partial charge on any atom is 0.211 e. The van der Waals surface area contributed by atoms with Gasteiger partial charge in [-0.3, -0.25) is 9.69 Å². The van der Waals surface area contributed by atoms with Crippen molar-refractivity contribution < 1.29 is 22.7 Å². The summed E-state index contributed by atoms with van der Waals surface area (Å²) in [6.07, 6.45) is 8.41. The van der Waals surface area contributed by atoms with Crippen molar-refractivity contribution in [2.75, 3.05) is 39.0 Å². The lowest BCUT2D eigenvalue weighted by Gasteiger charge is -2.55. The predicted molar refractivity (Wildman–Crippen MR) is 127 cm³/mol. The van der Waals surface area contributed by atoms with Gasteiger partial charge in [-0.05, 0) is 86.4 Å². The van der Waals surface area contributed by atoms with Crippen molar-refractivity contribution in [3.8, 4) is 0 Å². The first-order chi connectivity index (χ1) is 16.0. The van der Waals surface area contributed by atoms with Gasteiger partial charge in [0.15, 0.2) is 0 Å². The molecule has 1 heterocycles. The summed E-state index contributed by atoms with van der Waals surface area (Å²) in [5.41, 5.74) is -0.938. The van der Waals surface area contributed by atoms with Crippen LogP contribution in [0.4, 0.5) is 4.39 Å². The number of fused-ring (bicyclic) bond motifs is 7. The van der Waals surface area contributed by atoms with E-state index < -0.39 is 21.8 Å². The fourth-order valence-electron chi connectivity index (χ4n) is 9.83. The number of halogens is 1. The van der Waals surface area contributed by atoms with Crippen LogP contribution in [0.1, 0.15) is 58.3 Å². The van der Waals surface area contributed by atoms with Crippen molar-refractivity contribution in [3.05, 3.63) is 0 Å². The van der Waals surface area contributed by atoms with Gasteiger partial charge < -0.3 is 5.11 Å². The maximum absolute atomic E-state index is 14.4. The third-order valence-corrected chi connectivity index (χ3v) is 12.9. The molecular formula is C26H41FN2O4S. The molecule has 0 bridgehead atoms. The molecule has 6 rings (SSSR count). The van der Waals surface area contributed by atoms with Crippen molar-refractivity contribution >= 4 is 15.8 Å². The zero-order chi connectivity index (χ0) is 24.0. The molecule has 34 heavy (non-hydrogen) atoms. The highest BCUT2D eigenvalue weighted by molar-refractivity contribution is 7.88. The van der Waals surface area contributed by atoms with Crippen LogP contribution in [0.2, 0.25) is 0 Å². The van der Waals surface area contributed by atoms with Crippen molar-refractivity contribution in [1.29, 1.82) is 0 Å². The molecule has 0 aromatic heterocycles. The third kappa shape index (κ3) is 3.48. The highest BCUT2D eigenvalue weighted by Gasteiger charge is 2.72. The van der Waals surface area contributed by atoms with Gasteiger partial charge in [-0.2, -0.15) is 4.31 Å². The molecule has 0 aromatic rings. The zero-order valence-electron chi connectivity index (χ0n) is 20.7. The molecule has 1 N–H and O–H groups in total. The molecule has 5 aliphatic carbocycles. The third-order valence-electron chi connectivity index (χ3n) is 11.6. The molecule has 2 unspecified atom stereocenters. The second-order valence-corrected chi connectivity index (χ2v) is 14.9. The molecule has 6 aliphatic rings. The zero-order valence-corrected chi connectivity index (χ0v) is 21.5. The van der Waals surface area contributed by atoms with E-state index in [9.17, 15) is 22.7 Å². The molecule has 5 saturated carbocycles. The normalized spacial score (nSPS) is 51.2. The van der Waals surface area contributed by atoms with Crippen LogP contribution >= 0.6 is 0 Å². The van der Waals surface area contributed by atoms with E-state index in [1.165, 1.54) is 10.6 Å². The molecule has 1 aliphatic heterocycles. The summed E-state index contributed by atoms with van der Waals surface area (Å²) in [6, 6.07) is 0. The molecule has 8 heteroatoms. The van der Waals surface area contributed by atoms with Crippen LogP contribution in [0.15, 0.2) is 0 Å². The number of carbonyl (C=O) groups excluding carboxylic acids is 1. The minimum atomic E-state index is -3.16. The number of piperazine rings is 1. The van der Waals surface area contributed by atoms with Gasteiger partial charge in [0.25, 0.3) is 0 Å². The van der Waals surface area contributed by atoms with Crippen LogP contribution < -0.4 is 0 Å². The standard InChI is InChI=1S/C26H41FN2O4S/c1-25-9-7-16-17-8-10-26(31)23(24(26)27)19(17)4-3-18(16)20(25)5-6-21(25)22(30)15-28-11-13-29(14-12-28)34(2,32)33/h16-21,23-24,31H,3-15H2,1-2H3/t16-,17-,18-,19-,20+,21-,23?,24?,25+,26-/m1/s1. The number of hydrogen-bond donors (Lipinski definition) is 1. The topological polar surface area (TPSA) is 77.9 Å². The first-order valence-electron chi connectivity index (χ1n) is 13.6. The van der Waals surface area contributed by atoms with E-state index in [2.05, 4.69) is 11.8 Å². The quantitative estimate of drug-likeness (QED) is 0.648. The highest BCUT2D eigenvalue weighted by Crippen LogP contribution is 2.69. The highest BCUT2D eigenvalue weighted by atomic mass is 32.2. The Bertz CT molecular complexity index is 952. The fourth-order valence-corrected chi connectivity index (χ4v) is 10.7. The monoisotopic (exact) mass is 496 g/mol. The van der Waals surface area contributed by atoms with Crippen LogP contribution in [-0.2, 0) is 14.8 Å². The van der Waals surface area contributed by atoms with Gasteiger partial charge in [-0.15, -0.1) is 0 Å². The summed E-state index contributed by atoms with van der Waals surface area (Å²) in [4.78, 5) is 15.7. The number of Topliss-reactive ketones (excluding diaryl/α,β-unsaturated/α-hetero) is 1. The predicted octanol–water partition coefficient (Wildman–Crippen LogP) is 2.71. The molecule has 10 atom stereocenters. The molecule has 0 radical (unpaired) electrons. The van der Waals surface area contributed by atoms with Crippen molar-refractivity contribution in [2.45, 2.75) is 70.1 Å². The summed E-state index contributed by atoms with van der Waals surface area (Å²) < 4.78 is 39.5. The number of ketones is 1. The number of sulfonamides is 1.